The summed E-state index contributed by atoms with van der Waals surface area (Å²) in [7, 11) is 0. The van der Waals surface area contributed by atoms with Crippen molar-refractivity contribution < 1.29 is 9.90 Å². The van der Waals surface area contributed by atoms with Crippen LogP contribution in [0.15, 0.2) is 10.7 Å². The molecule has 0 aliphatic carbocycles. The van der Waals surface area contributed by atoms with Crippen molar-refractivity contribution in [1.82, 2.24) is 4.98 Å². The maximum atomic E-state index is 10.5. The number of carbonyl (C=O) groups is 1. The molecule has 0 bridgehead atoms. The lowest BCUT2D eigenvalue weighted by atomic mass is 10.1. The lowest BCUT2D eigenvalue weighted by Crippen LogP contribution is -2.04. The molecule has 0 saturated heterocycles. The molecule has 0 fully saturated rings. The van der Waals surface area contributed by atoms with E-state index in [1.54, 1.807) is 0 Å². The normalized spacial score (nSPS) is 10.1. The largest absolute Gasteiger partial charge is 0.481 e. The van der Waals surface area contributed by atoms with Gasteiger partial charge >= 0.3 is 5.97 Å². The van der Waals surface area contributed by atoms with Crippen molar-refractivity contribution in [3.8, 4) is 0 Å². The summed E-state index contributed by atoms with van der Waals surface area (Å²) in [5, 5.41) is 8.64. The number of aliphatic carboxylic acids is 1. The van der Waals surface area contributed by atoms with Crippen LogP contribution >= 0.6 is 15.9 Å². The average molecular weight is 244 g/mol. The van der Waals surface area contributed by atoms with Gasteiger partial charge in [0.2, 0.25) is 0 Å². The molecule has 0 aliphatic rings. The number of hydrogen-bond donors (Lipinski definition) is 1. The standard InChI is InChI=1S/C9H10BrNO2/c1-5-3-6(2)11-9(10)7(5)4-8(12)13/h3H,4H2,1-2H3,(H,12,13). The summed E-state index contributed by atoms with van der Waals surface area (Å²) in [6.07, 6.45) is 0.0136. The lowest BCUT2D eigenvalue weighted by molar-refractivity contribution is -0.136. The molecule has 70 valence electrons. The third-order valence-electron chi connectivity index (χ3n) is 1.75. The Morgan fingerprint density at radius 1 is 1.62 bits per heavy atom. The molecular formula is C9H10BrNO2. The minimum absolute atomic E-state index is 0.0136. The second kappa shape index (κ2) is 3.87. The van der Waals surface area contributed by atoms with Crippen molar-refractivity contribution in [3.63, 3.8) is 0 Å². The smallest absolute Gasteiger partial charge is 0.307 e. The van der Waals surface area contributed by atoms with E-state index in [0.717, 1.165) is 16.8 Å². The quantitative estimate of drug-likeness (QED) is 0.810. The fourth-order valence-corrected chi connectivity index (χ4v) is 1.91. The molecule has 1 aromatic rings. The molecule has 4 heteroatoms. The van der Waals surface area contributed by atoms with Crippen LogP contribution in [-0.2, 0) is 11.2 Å². The van der Waals surface area contributed by atoms with Gasteiger partial charge in [-0.25, -0.2) is 4.98 Å². The monoisotopic (exact) mass is 243 g/mol. The Morgan fingerprint density at radius 2 is 2.23 bits per heavy atom. The first-order valence-corrected chi connectivity index (χ1v) is 4.64. The minimum Gasteiger partial charge on any atom is -0.481 e. The highest BCUT2D eigenvalue weighted by Gasteiger charge is 2.09. The lowest BCUT2D eigenvalue weighted by Gasteiger charge is -2.06. The van der Waals surface area contributed by atoms with Crippen molar-refractivity contribution in [1.29, 1.82) is 0 Å². The third kappa shape index (κ3) is 2.52. The maximum absolute atomic E-state index is 10.5. The topological polar surface area (TPSA) is 50.2 Å². The van der Waals surface area contributed by atoms with Crippen LogP contribution in [0.1, 0.15) is 16.8 Å². The Hall–Kier alpha value is -0.900. The number of aryl methyl sites for hydroxylation is 2. The van der Waals surface area contributed by atoms with Crippen molar-refractivity contribution in [2.45, 2.75) is 20.3 Å². The second-order valence-corrected chi connectivity index (χ2v) is 3.67. The van der Waals surface area contributed by atoms with E-state index in [0.29, 0.717) is 4.60 Å². The second-order valence-electron chi connectivity index (χ2n) is 2.92. The predicted molar refractivity (Wildman–Crippen MR) is 52.8 cm³/mol. The average Bonchev–Trinajstić information content (AvgIpc) is 1.96. The van der Waals surface area contributed by atoms with Gasteiger partial charge in [-0.2, -0.15) is 0 Å². The summed E-state index contributed by atoms with van der Waals surface area (Å²) in [5.41, 5.74) is 2.60. The van der Waals surface area contributed by atoms with Crippen molar-refractivity contribution >= 4 is 21.9 Å². The van der Waals surface area contributed by atoms with Gasteiger partial charge in [0, 0.05) is 5.69 Å². The Labute approximate surface area is 84.9 Å². The van der Waals surface area contributed by atoms with E-state index in [4.69, 9.17) is 5.11 Å². The molecule has 13 heavy (non-hydrogen) atoms. The highest BCUT2D eigenvalue weighted by Crippen LogP contribution is 2.19. The molecular weight excluding hydrogens is 234 g/mol. The number of carboxylic acids is 1. The minimum atomic E-state index is -0.838. The van der Waals surface area contributed by atoms with Gasteiger partial charge in [0.15, 0.2) is 0 Å². The van der Waals surface area contributed by atoms with Crippen LogP contribution < -0.4 is 0 Å². The number of carboxylic acid groups (broad SMARTS) is 1. The summed E-state index contributed by atoms with van der Waals surface area (Å²) >= 11 is 3.25. The van der Waals surface area contributed by atoms with Gasteiger partial charge in [-0.15, -0.1) is 0 Å². The van der Waals surface area contributed by atoms with E-state index in [1.807, 2.05) is 19.9 Å². The number of aromatic nitrogens is 1. The van der Waals surface area contributed by atoms with E-state index < -0.39 is 5.97 Å². The number of rotatable bonds is 2. The first kappa shape index (κ1) is 10.2. The summed E-state index contributed by atoms with van der Waals surface area (Å²) in [5.74, 6) is -0.838. The Kier molecular flexibility index (Phi) is 3.03. The van der Waals surface area contributed by atoms with Crippen LogP contribution in [0.5, 0.6) is 0 Å². The first-order chi connectivity index (χ1) is 6.00. The van der Waals surface area contributed by atoms with Crippen LogP contribution in [-0.4, -0.2) is 16.1 Å². The third-order valence-corrected chi connectivity index (χ3v) is 2.41. The molecule has 0 radical (unpaired) electrons. The van der Waals surface area contributed by atoms with Gasteiger partial charge in [0.25, 0.3) is 0 Å². The van der Waals surface area contributed by atoms with Crippen LogP contribution in [0.25, 0.3) is 0 Å². The van der Waals surface area contributed by atoms with Gasteiger partial charge in [-0.1, -0.05) is 0 Å². The summed E-state index contributed by atoms with van der Waals surface area (Å²) in [6.45, 7) is 3.76. The molecule has 0 unspecified atom stereocenters. The number of pyridine rings is 1. The molecule has 0 saturated carbocycles. The number of nitrogens with zero attached hydrogens (tertiary/aromatic N) is 1. The van der Waals surface area contributed by atoms with Gasteiger partial charge < -0.3 is 5.11 Å². The molecule has 1 heterocycles. The van der Waals surface area contributed by atoms with E-state index in [9.17, 15) is 4.79 Å². The summed E-state index contributed by atoms with van der Waals surface area (Å²) in [6, 6.07) is 1.88. The SMILES string of the molecule is Cc1cc(C)c(CC(=O)O)c(Br)n1. The first-order valence-electron chi connectivity index (χ1n) is 3.85. The molecule has 0 aliphatic heterocycles. The van der Waals surface area contributed by atoms with E-state index >= 15 is 0 Å². The van der Waals surface area contributed by atoms with Crippen LogP contribution in [0, 0.1) is 13.8 Å². The zero-order valence-corrected chi connectivity index (χ0v) is 9.05. The zero-order valence-electron chi connectivity index (χ0n) is 7.47. The van der Waals surface area contributed by atoms with Crippen molar-refractivity contribution in [3.05, 3.63) is 27.5 Å². The van der Waals surface area contributed by atoms with Crippen molar-refractivity contribution in [2.24, 2.45) is 0 Å². The molecule has 0 spiro atoms. The van der Waals surface area contributed by atoms with E-state index in [1.165, 1.54) is 0 Å². The van der Waals surface area contributed by atoms with Crippen molar-refractivity contribution in [2.75, 3.05) is 0 Å². The summed E-state index contributed by atoms with van der Waals surface area (Å²) < 4.78 is 0.632. The van der Waals surface area contributed by atoms with Crippen LogP contribution in [0.2, 0.25) is 0 Å². The van der Waals surface area contributed by atoms with Gasteiger partial charge in [0.05, 0.1) is 6.42 Å². The predicted octanol–water partition coefficient (Wildman–Crippen LogP) is 2.09. The van der Waals surface area contributed by atoms with Gasteiger partial charge in [0.1, 0.15) is 4.60 Å². The maximum Gasteiger partial charge on any atom is 0.307 e. The fourth-order valence-electron chi connectivity index (χ4n) is 1.18. The molecule has 0 aromatic carbocycles. The van der Waals surface area contributed by atoms with Gasteiger partial charge in [-0.05, 0) is 47.0 Å². The van der Waals surface area contributed by atoms with E-state index in [2.05, 4.69) is 20.9 Å². The Bertz CT molecular complexity index is 326. The number of halogens is 1. The molecule has 1 rings (SSSR count). The molecule has 3 nitrogen and oxygen atoms in total. The zero-order chi connectivity index (χ0) is 10.0. The highest BCUT2D eigenvalue weighted by atomic mass is 79.9. The molecule has 1 N–H and O–H groups in total. The highest BCUT2D eigenvalue weighted by molar-refractivity contribution is 9.10. The molecule has 0 amide bonds. The Morgan fingerprint density at radius 3 is 2.69 bits per heavy atom. The van der Waals surface area contributed by atoms with Gasteiger partial charge in [-0.3, -0.25) is 4.79 Å². The fraction of sp³-hybridized carbons (Fsp3) is 0.333. The van der Waals surface area contributed by atoms with Crippen LogP contribution in [0.3, 0.4) is 0 Å². The number of hydrogen-bond acceptors (Lipinski definition) is 2. The molecule has 0 atom stereocenters. The molecule has 1 aromatic heterocycles. The van der Waals surface area contributed by atoms with Crippen LogP contribution in [0.4, 0.5) is 0 Å². The van der Waals surface area contributed by atoms with E-state index in [-0.39, 0.29) is 6.42 Å². The summed E-state index contributed by atoms with van der Waals surface area (Å²) in [4.78, 5) is 14.7. The Balaban J connectivity index is 3.13.